The van der Waals surface area contributed by atoms with Crippen LogP contribution in [0.2, 0.25) is 0 Å². The van der Waals surface area contributed by atoms with E-state index < -0.39 is 12.1 Å². The van der Waals surface area contributed by atoms with Crippen molar-refractivity contribution in [2.24, 2.45) is 11.8 Å². The molecule has 0 aromatic rings. The van der Waals surface area contributed by atoms with Crippen molar-refractivity contribution < 1.29 is 37.4 Å². The van der Waals surface area contributed by atoms with Crippen molar-refractivity contribution in [3.05, 3.63) is 0 Å². The summed E-state index contributed by atoms with van der Waals surface area (Å²) in [5.41, 5.74) is 0. The normalized spacial score (nSPS) is 30.1. The molecule has 7 nitrogen and oxygen atoms in total. The Morgan fingerprint density at radius 3 is 2.50 bits per heavy atom. The lowest BCUT2D eigenvalue weighted by molar-refractivity contribution is -0.192. The number of piperidine rings is 1. The fourth-order valence-electron chi connectivity index (χ4n) is 3.14. The Morgan fingerprint density at radius 2 is 1.92 bits per heavy atom. The van der Waals surface area contributed by atoms with E-state index in [9.17, 15) is 18.0 Å². The smallest absolute Gasteiger partial charge is 0.475 e. The minimum Gasteiger partial charge on any atom is -0.475 e. The number of rotatable bonds is 1. The SMILES string of the molecule is O=C(O)C(F)(F)F.O=C([C@@H]1CCO[C@@H]2CCNC[C@H]21)N1CCCO1. The number of nitrogens with zero attached hydrogens (tertiary/aromatic N) is 1. The van der Waals surface area contributed by atoms with Crippen LogP contribution < -0.4 is 5.32 Å². The molecule has 0 aromatic heterocycles. The largest absolute Gasteiger partial charge is 0.490 e. The molecular formula is C14H21F3N2O5. The number of ether oxygens (including phenoxy) is 1. The van der Waals surface area contributed by atoms with Crippen LogP contribution in [-0.4, -0.2) is 67.2 Å². The Hall–Kier alpha value is -1.39. The van der Waals surface area contributed by atoms with Gasteiger partial charge in [-0.05, 0) is 25.8 Å². The molecule has 0 bridgehead atoms. The predicted octanol–water partition coefficient (Wildman–Crippen LogP) is 0.798. The van der Waals surface area contributed by atoms with Crippen molar-refractivity contribution in [2.75, 3.05) is 32.8 Å². The highest BCUT2D eigenvalue weighted by Crippen LogP contribution is 2.32. The molecule has 3 aliphatic heterocycles. The third-order valence-electron chi connectivity index (χ3n) is 4.30. The van der Waals surface area contributed by atoms with Gasteiger partial charge in [-0.2, -0.15) is 13.2 Å². The van der Waals surface area contributed by atoms with Crippen LogP contribution in [0.25, 0.3) is 0 Å². The molecule has 0 saturated carbocycles. The molecule has 3 rings (SSSR count). The Labute approximate surface area is 137 Å². The van der Waals surface area contributed by atoms with E-state index in [-0.39, 0.29) is 17.9 Å². The summed E-state index contributed by atoms with van der Waals surface area (Å²) in [5.74, 6) is -2.18. The number of hydroxylamine groups is 2. The van der Waals surface area contributed by atoms with Gasteiger partial charge < -0.3 is 15.2 Å². The topological polar surface area (TPSA) is 88.1 Å². The Bertz CT molecular complexity index is 452. The van der Waals surface area contributed by atoms with Gasteiger partial charge in [-0.1, -0.05) is 0 Å². The van der Waals surface area contributed by atoms with Crippen molar-refractivity contribution in [2.45, 2.75) is 31.5 Å². The lowest BCUT2D eigenvalue weighted by Crippen LogP contribution is -2.52. The fourth-order valence-corrected chi connectivity index (χ4v) is 3.14. The summed E-state index contributed by atoms with van der Waals surface area (Å²) in [6.07, 6.45) is -2.00. The van der Waals surface area contributed by atoms with Gasteiger partial charge >= 0.3 is 12.1 Å². The molecule has 0 aromatic carbocycles. The highest BCUT2D eigenvalue weighted by Gasteiger charge is 2.42. The first-order chi connectivity index (χ1) is 11.3. The molecule has 24 heavy (non-hydrogen) atoms. The second kappa shape index (κ2) is 8.13. The average Bonchev–Trinajstić information content (AvgIpc) is 3.08. The van der Waals surface area contributed by atoms with Crippen LogP contribution in [0, 0.1) is 11.8 Å². The summed E-state index contributed by atoms with van der Waals surface area (Å²) in [4.78, 5) is 26.6. The van der Waals surface area contributed by atoms with E-state index in [0.717, 1.165) is 38.9 Å². The van der Waals surface area contributed by atoms with Crippen LogP contribution in [0.3, 0.4) is 0 Å². The van der Waals surface area contributed by atoms with E-state index in [2.05, 4.69) is 5.32 Å². The summed E-state index contributed by atoms with van der Waals surface area (Å²) >= 11 is 0. The zero-order valence-electron chi connectivity index (χ0n) is 13.1. The van der Waals surface area contributed by atoms with Crippen LogP contribution in [0.15, 0.2) is 0 Å². The maximum Gasteiger partial charge on any atom is 0.490 e. The van der Waals surface area contributed by atoms with Crippen LogP contribution in [0.5, 0.6) is 0 Å². The summed E-state index contributed by atoms with van der Waals surface area (Å²) in [5, 5.41) is 12.1. The van der Waals surface area contributed by atoms with Gasteiger partial charge in [-0.3, -0.25) is 9.63 Å². The van der Waals surface area contributed by atoms with Gasteiger partial charge in [0.1, 0.15) is 0 Å². The molecule has 3 heterocycles. The van der Waals surface area contributed by atoms with Crippen LogP contribution in [0.1, 0.15) is 19.3 Å². The predicted molar refractivity (Wildman–Crippen MR) is 74.8 cm³/mol. The number of alkyl halides is 3. The third kappa shape index (κ3) is 4.81. The van der Waals surface area contributed by atoms with Gasteiger partial charge in [0.2, 0.25) is 5.91 Å². The highest BCUT2D eigenvalue weighted by atomic mass is 19.4. The number of halogens is 3. The van der Waals surface area contributed by atoms with E-state index in [0.29, 0.717) is 19.1 Å². The van der Waals surface area contributed by atoms with Crippen LogP contribution in [-0.2, 0) is 19.2 Å². The molecular weight excluding hydrogens is 333 g/mol. The summed E-state index contributed by atoms with van der Waals surface area (Å²) in [6, 6.07) is 0. The number of carboxylic acids is 1. The van der Waals surface area contributed by atoms with E-state index in [1.54, 1.807) is 5.06 Å². The third-order valence-corrected chi connectivity index (χ3v) is 4.30. The average molecular weight is 354 g/mol. The summed E-state index contributed by atoms with van der Waals surface area (Å²) in [7, 11) is 0. The zero-order chi connectivity index (χ0) is 17.7. The van der Waals surface area contributed by atoms with Gasteiger partial charge in [0.05, 0.1) is 19.3 Å². The second-order valence-corrected chi connectivity index (χ2v) is 5.89. The van der Waals surface area contributed by atoms with E-state index >= 15 is 0 Å². The Kier molecular flexibility index (Phi) is 6.41. The Balaban J connectivity index is 0.000000256. The van der Waals surface area contributed by atoms with Crippen molar-refractivity contribution in [1.29, 1.82) is 0 Å². The first-order valence-electron chi connectivity index (χ1n) is 7.87. The van der Waals surface area contributed by atoms with Crippen molar-refractivity contribution in [1.82, 2.24) is 10.4 Å². The highest BCUT2D eigenvalue weighted by molar-refractivity contribution is 5.78. The maximum atomic E-state index is 12.4. The fraction of sp³-hybridized carbons (Fsp3) is 0.857. The van der Waals surface area contributed by atoms with Gasteiger partial charge in [0.25, 0.3) is 0 Å². The molecule has 0 spiro atoms. The molecule has 2 N–H and O–H groups in total. The van der Waals surface area contributed by atoms with E-state index in [4.69, 9.17) is 19.5 Å². The number of nitrogens with one attached hydrogen (secondary N) is 1. The van der Waals surface area contributed by atoms with Gasteiger partial charge in [-0.25, -0.2) is 9.86 Å². The van der Waals surface area contributed by atoms with Crippen LogP contribution in [0.4, 0.5) is 13.2 Å². The molecule has 3 fully saturated rings. The zero-order valence-corrected chi connectivity index (χ0v) is 13.1. The number of hydrogen-bond donors (Lipinski definition) is 2. The minimum absolute atomic E-state index is 0.0830. The number of hydrogen-bond acceptors (Lipinski definition) is 5. The van der Waals surface area contributed by atoms with Gasteiger partial charge in [0.15, 0.2) is 0 Å². The van der Waals surface area contributed by atoms with Crippen molar-refractivity contribution in [3.8, 4) is 0 Å². The first kappa shape index (κ1) is 18.9. The molecule has 0 unspecified atom stereocenters. The Morgan fingerprint density at radius 1 is 1.21 bits per heavy atom. The summed E-state index contributed by atoms with van der Waals surface area (Å²) < 4.78 is 37.5. The second-order valence-electron chi connectivity index (χ2n) is 5.89. The first-order valence-corrected chi connectivity index (χ1v) is 7.87. The van der Waals surface area contributed by atoms with E-state index in [1.807, 2.05) is 0 Å². The number of fused-ring (bicyclic) bond motifs is 1. The molecule has 1 amide bonds. The molecule has 3 atom stereocenters. The lowest BCUT2D eigenvalue weighted by atomic mass is 9.79. The monoisotopic (exact) mass is 354 g/mol. The minimum atomic E-state index is -5.08. The van der Waals surface area contributed by atoms with Gasteiger partial charge in [-0.15, -0.1) is 0 Å². The molecule has 0 aliphatic carbocycles. The maximum absolute atomic E-state index is 12.4. The molecule has 3 saturated heterocycles. The quantitative estimate of drug-likeness (QED) is 0.724. The number of carbonyl (C=O) groups excluding carboxylic acids is 1. The number of aliphatic carboxylic acids is 1. The van der Waals surface area contributed by atoms with Crippen LogP contribution >= 0.6 is 0 Å². The van der Waals surface area contributed by atoms with E-state index in [1.165, 1.54) is 0 Å². The lowest BCUT2D eigenvalue weighted by Gasteiger charge is -2.41. The van der Waals surface area contributed by atoms with Crippen molar-refractivity contribution >= 4 is 11.9 Å². The molecule has 10 heteroatoms. The molecule has 0 radical (unpaired) electrons. The number of carboxylic acid groups (broad SMARTS) is 1. The summed E-state index contributed by atoms with van der Waals surface area (Å²) in [6.45, 7) is 4.05. The van der Waals surface area contributed by atoms with Gasteiger partial charge in [0, 0.05) is 25.0 Å². The molecule has 138 valence electrons. The number of amides is 1. The standard InChI is InChI=1S/C12H20N2O3.C2HF3O2/c15-12(14-5-1-6-17-14)9-3-7-16-11-2-4-13-8-10(9)11;3-2(4,5)1(6)7/h9-11,13H,1-8H2;(H,6,7)/t9-,10+,11-;/m1./s1. The molecule has 3 aliphatic rings. The van der Waals surface area contributed by atoms with Crippen molar-refractivity contribution in [3.63, 3.8) is 0 Å². The number of carbonyl (C=O) groups is 2.